The molecular weight excluding hydrogens is 431 g/mol. The van der Waals surface area contributed by atoms with Gasteiger partial charge in [0, 0.05) is 15.7 Å². The minimum Gasteiger partial charge on any atom is -0.488 e. The van der Waals surface area contributed by atoms with Crippen molar-refractivity contribution in [1.82, 2.24) is 0 Å². The van der Waals surface area contributed by atoms with Crippen LogP contribution in [0.1, 0.15) is 22.3 Å². The normalized spacial score (nSPS) is 11.2. The number of benzene rings is 2. The first-order chi connectivity index (χ1) is 12.1. The van der Waals surface area contributed by atoms with E-state index in [1.807, 2.05) is 0 Å². The molecule has 0 atom stereocenters. The van der Waals surface area contributed by atoms with Gasteiger partial charge in [-0.1, -0.05) is 22.0 Å². The van der Waals surface area contributed by atoms with Crippen LogP contribution in [0.25, 0.3) is 0 Å². The molecule has 0 saturated heterocycles. The van der Waals surface area contributed by atoms with Gasteiger partial charge in [-0.25, -0.2) is 0 Å². The van der Waals surface area contributed by atoms with Gasteiger partial charge in [-0.15, -0.1) is 0 Å². The molecule has 2 aromatic rings. The molecule has 0 radical (unpaired) electrons. The first kappa shape index (κ1) is 20.5. The topological polar surface area (TPSA) is 30.5 Å². The van der Waals surface area contributed by atoms with Crippen molar-refractivity contribution in [1.29, 1.82) is 0 Å². The lowest BCUT2D eigenvalue weighted by Gasteiger charge is -2.18. The van der Waals surface area contributed by atoms with E-state index in [-0.39, 0.29) is 17.5 Å². The Balaban J connectivity index is 2.35. The minimum absolute atomic E-state index is 0.0817. The summed E-state index contributed by atoms with van der Waals surface area (Å²) in [6, 6.07) is 7.78. The number of hydrogen-bond donors (Lipinski definition) is 1. The van der Waals surface area contributed by atoms with Gasteiger partial charge >= 0.3 is 6.18 Å². The molecule has 26 heavy (non-hydrogen) atoms. The van der Waals surface area contributed by atoms with Crippen LogP contribution >= 0.6 is 28.1 Å². The third kappa shape index (κ3) is 4.88. The SMILES string of the molecule is COC(=S)Nc1cccc(Br)c1COc1cc(C)c(C)cc1C(F)(F)F. The number of halogens is 4. The molecule has 0 unspecified atom stereocenters. The van der Waals surface area contributed by atoms with E-state index in [1.165, 1.54) is 13.2 Å². The van der Waals surface area contributed by atoms with Crippen LogP contribution in [0.5, 0.6) is 5.75 Å². The van der Waals surface area contributed by atoms with Crippen molar-refractivity contribution in [2.24, 2.45) is 0 Å². The van der Waals surface area contributed by atoms with Crippen molar-refractivity contribution in [3.63, 3.8) is 0 Å². The van der Waals surface area contributed by atoms with Gasteiger partial charge in [0.1, 0.15) is 12.4 Å². The Morgan fingerprint density at radius 3 is 2.46 bits per heavy atom. The van der Waals surface area contributed by atoms with Crippen LogP contribution in [0.2, 0.25) is 0 Å². The summed E-state index contributed by atoms with van der Waals surface area (Å²) in [7, 11) is 1.42. The van der Waals surface area contributed by atoms with E-state index >= 15 is 0 Å². The van der Waals surface area contributed by atoms with Crippen LogP contribution in [0.15, 0.2) is 34.8 Å². The molecule has 0 bridgehead atoms. The van der Waals surface area contributed by atoms with Crippen LogP contribution < -0.4 is 10.1 Å². The highest BCUT2D eigenvalue weighted by atomic mass is 79.9. The smallest absolute Gasteiger partial charge is 0.419 e. The van der Waals surface area contributed by atoms with Gasteiger partial charge in [-0.3, -0.25) is 0 Å². The average Bonchev–Trinajstić information content (AvgIpc) is 2.56. The number of thiocarbonyl (C=S) groups is 1. The van der Waals surface area contributed by atoms with E-state index in [0.29, 0.717) is 21.3 Å². The largest absolute Gasteiger partial charge is 0.488 e. The van der Waals surface area contributed by atoms with E-state index in [9.17, 15) is 13.2 Å². The number of hydrogen-bond acceptors (Lipinski definition) is 3. The molecule has 0 aliphatic rings. The predicted molar refractivity (Wildman–Crippen MR) is 103 cm³/mol. The highest BCUT2D eigenvalue weighted by Gasteiger charge is 2.35. The van der Waals surface area contributed by atoms with Gasteiger partial charge in [-0.2, -0.15) is 13.2 Å². The summed E-state index contributed by atoms with van der Waals surface area (Å²) in [4.78, 5) is 0. The zero-order valence-electron chi connectivity index (χ0n) is 14.3. The van der Waals surface area contributed by atoms with E-state index < -0.39 is 11.7 Å². The number of methoxy groups -OCH3 is 1. The Morgan fingerprint density at radius 2 is 1.85 bits per heavy atom. The van der Waals surface area contributed by atoms with Gasteiger partial charge in [0.2, 0.25) is 0 Å². The van der Waals surface area contributed by atoms with Crippen LogP contribution in [-0.4, -0.2) is 12.3 Å². The molecule has 2 rings (SSSR count). The summed E-state index contributed by atoms with van der Waals surface area (Å²) in [5.41, 5.74) is 1.69. The predicted octanol–water partition coefficient (Wildman–Crippen LogP) is 6.01. The summed E-state index contributed by atoms with van der Waals surface area (Å²) in [5.74, 6) is -0.211. The van der Waals surface area contributed by atoms with Gasteiger partial charge in [-0.05, 0) is 61.5 Å². The standard InChI is InChI=1S/C18H17BrF3NO2S/c1-10-7-13(18(20,21)22)16(8-11(10)2)25-9-12-14(19)5-4-6-15(12)23-17(26)24-3/h4-8H,9H2,1-3H3,(H,23,26). The zero-order chi connectivity index (χ0) is 19.5. The monoisotopic (exact) mass is 447 g/mol. The van der Waals surface area contributed by atoms with Gasteiger partial charge in [0.05, 0.1) is 12.7 Å². The summed E-state index contributed by atoms with van der Waals surface area (Å²) in [5, 5.41) is 3.02. The molecule has 2 aromatic carbocycles. The number of anilines is 1. The Labute approximate surface area is 163 Å². The first-order valence-electron chi connectivity index (χ1n) is 7.57. The molecule has 8 heteroatoms. The molecular formula is C18H17BrF3NO2S. The first-order valence-corrected chi connectivity index (χ1v) is 8.77. The van der Waals surface area contributed by atoms with Crippen molar-refractivity contribution in [2.45, 2.75) is 26.6 Å². The second kappa shape index (κ2) is 8.26. The summed E-state index contributed by atoms with van der Waals surface area (Å²) < 4.78 is 51.1. The third-order valence-corrected chi connectivity index (χ3v) is 4.83. The lowest BCUT2D eigenvalue weighted by molar-refractivity contribution is -0.139. The zero-order valence-corrected chi connectivity index (χ0v) is 16.7. The van der Waals surface area contributed by atoms with Crippen molar-refractivity contribution >= 4 is 39.0 Å². The molecule has 0 aliphatic carbocycles. The number of nitrogens with one attached hydrogen (secondary N) is 1. The van der Waals surface area contributed by atoms with Crippen molar-refractivity contribution in [3.8, 4) is 5.75 Å². The van der Waals surface area contributed by atoms with Crippen molar-refractivity contribution < 1.29 is 22.6 Å². The van der Waals surface area contributed by atoms with E-state index in [1.54, 1.807) is 32.0 Å². The molecule has 3 nitrogen and oxygen atoms in total. The van der Waals surface area contributed by atoms with Crippen molar-refractivity contribution in [3.05, 3.63) is 57.1 Å². The van der Waals surface area contributed by atoms with E-state index in [2.05, 4.69) is 21.2 Å². The van der Waals surface area contributed by atoms with Gasteiger partial charge < -0.3 is 14.8 Å². The van der Waals surface area contributed by atoms with Crippen LogP contribution in [0, 0.1) is 13.8 Å². The summed E-state index contributed by atoms with van der Waals surface area (Å²) in [6.45, 7) is 3.29. The molecule has 140 valence electrons. The Bertz CT molecular complexity index is 825. The van der Waals surface area contributed by atoms with E-state index in [0.717, 1.165) is 11.6 Å². The van der Waals surface area contributed by atoms with Crippen LogP contribution in [-0.2, 0) is 17.5 Å². The number of rotatable bonds is 4. The fourth-order valence-corrected chi connectivity index (χ4v) is 2.85. The highest BCUT2D eigenvalue weighted by molar-refractivity contribution is 9.10. The lowest BCUT2D eigenvalue weighted by atomic mass is 10.0. The molecule has 0 heterocycles. The van der Waals surface area contributed by atoms with Gasteiger partial charge in [0.15, 0.2) is 0 Å². The molecule has 0 saturated carbocycles. The maximum Gasteiger partial charge on any atom is 0.419 e. The van der Waals surface area contributed by atoms with Crippen molar-refractivity contribution in [2.75, 3.05) is 12.4 Å². The fraction of sp³-hybridized carbons (Fsp3) is 0.278. The maximum absolute atomic E-state index is 13.3. The Kier molecular flexibility index (Phi) is 6.52. The minimum atomic E-state index is -4.50. The number of aryl methyl sites for hydroxylation is 2. The summed E-state index contributed by atoms with van der Waals surface area (Å²) in [6.07, 6.45) is -4.50. The highest BCUT2D eigenvalue weighted by Crippen LogP contribution is 2.38. The number of alkyl halides is 3. The second-order valence-corrected chi connectivity index (χ2v) is 6.83. The fourth-order valence-electron chi connectivity index (χ4n) is 2.26. The maximum atomic E-state index is 13.3. The molecule has 0 spiro atoms. The summed E-state index contributed by atoms with van der Waals surface area (Å²) >= 11 is 8.37. The molecule has 1 N–H and O–H groups in total. The van der Waals surface area contributed by atoms with Crippen LogP contribution in [0.4, 0.5) is 18.9 Å². The lowest BCUT2D eigenvalue weighted by Crippen LogP contribution is -2.14. The molecule has 0 aromatic heterocycles. The third-order valence-electron chi connectivity index (χ3n) is 3.81. The number of ether oxygens (including phenoxy) is 2. The molecule has 0 fully saturated rings. The average molecular weight is 448 g/mol. The van der Waals surface area contributed by atoms with Gasteiger partial charge in [0.25, 0.3) is 5.17 Å². The Morgan fingerprint density at radius 1 is 1.19 bits per heavy atom. The molecule has 0 aliphatic heterocycles. The quantitative estimate of drug-likeness (QED) is 0.581. The molecule has 0 amide bonds. The van der Waals surface area contributed by atoms with E-state index in [4.69, 9.17) is 21.7 Å². The Hall–Kier alpha value is -1.80. The van der Waals surface area contributed by atoms with Crippen LogP contribution in [0.3, 0.4) is 0 Å². The second-order valence-electron chi connectivity index (χ2n) is 5.60.